The predicted octanol–water partition coefficient (Wildman–Crippen LogP) is 8.42. The Morgan fingerprint density at radius 3 is 1.96 bits per heavy atom. The number of allylic oxidation sites excluding steroid dienone is 1. The molecule has 0 aromatic rings. The second kappa shape index (κ2) is 16.6. The summed E-state index contributed by atoms with van der Waals surface area (Å²) in [5.74, 6) is 1.47. The average Bonchev–Trinajstić information content (AvgIpc) is 2.66. The van der Waals surface area contributed by atoms with Gasteiger partial charge in [-0.2, -0.15) is 0 Å². The molecule has 0 saturated heterocycles. The molecular formula is C25H46O. The van der Waals surface area contributed by atoms with Gasteiger partial charge in [0.05, 0.1) is 0 Å². The lowest BCUT2D eigenvalue weighted by atomic mass is 9.82. The van der Waals surface area contributed by atoms with Gasteiger partial charge in [-0.05, 0) is 18.8 Å². The zero-order valence-electron chi connectivity index (χ0n) is 17.8. The second-order valence-electron chi connectivity index (χ2n) is 8.72. The Morgan fingerprint density at radius 1 is 0.885 bits per heavy atom. The quantitative estimate of drug-likeness (QED) is 0.187. The van der Waals surface area contributed by atoms with Gasteiger partial charge in [-0.15, -0.1) is 6.58 Å². The minimum Gasteiger partial charge on any atom is -0.299 e. The fourth-order valence-corrected chi connectivity index (χ4v) is 4.51. The van der Waals surface area contributed by atoms with Gasteiger partial charge < -0.3 is 0 Å². The van der Waals surface area contributed by atoms with E-state index >= 15 is 0 Å². The maximum atomic E-state index is 12.7. The fraction of sp³-hybridized carbons (Fsp3) is 0.880. The topological polar surface area (TPSA) is 17.1 Å². The van der Waals surface area contributed by atoms with Crippen LogP contribution < -0.4 is 0 Å². The zero-order chi connectivity index (χ0) is 18.9. The van der Waals surface area contributed by atoms with Crippen molar-refractivity contribution in [2.45, 2.75) is 129 Å². The van der Waals surface area contributed by atoms with Crippen LogP contribution in [0.15, 0.2) is 12.7 Å². The summed E-state index contributed by atoms with van der Waals surface area (Å²) in [5.41, 5.74) is 0. The molecule has 0 N–H and O–H groups in total. The van der Waals surface area contributed by atoms with Crippen LogP contribution in [-0.4, -0.2) is 5.78 Å². The molecule has 1 atom stereocenters. The van der Waals surface area contributed by atoms with Crippen LogP contribution in [0, 0.1) is 11.8 Å². The number of carbonyl (C=O) groups excluding carboxylic acids is 1. The fourth-order valence-electron chi connectivity index (χ4n) is 4.51. The maximum absolute atomic E-state index is 12.7. The van der Waals surface area contributed by atoms with Crippen LogP contribution in [0.25, 0.3) is 0 Å². The first-order chi connectivity index (χ1) is 12.8. The summed E-state index contributed by atoms with van der Waals surface area (Å²) in [4.78, 5) is 12.7. The molecule has 0 aromatic carbocycles. The smallest absolute Gasteiger partial charge is 0.136 e. The SMILES string of the molecule is C=CCC(CCCCCCCCCCCCC)C(=O)CC1CCCCC1. The molecule has 0 bridgehead atoms. The Morgan fingerprint density at radius 2 is 1.42 bits per heavy atom. The highest BCUT2D eigenvalue weighted by molar-refractivity contribution is 5.81. The van der Waals surface area contributed by atoms with E-state index in [0.717, 1.165) is 19.3 Å². The summed E-state index contributed by atoms with van der Waals surface area (Å²) in [5, 5.41) is 0. The summed E-state index contributed by atoms with van der Waals surface area (Å²) in [6.45, 7) is 6.16. The minimum atomic E-state index is 0.257. The Kier molecular flexibility index (Phi) is 14.9. The van der Waals surface area contributed by atoms with Gasteiger partial charge in [0, 0.05) is 12.3 Å². The number of unbranched alkanes of at least 4 members (excludes halogenated alkanes) is 10. The molecule has 0 heterocycles. The third-order valence-corrected chi connectivity index (χ3v) is 6.28. The van der Waals surface area contributed by atoms with Crippen molar-refractivity contribution in [1.29, 1.82) is 0 Å². The van der Waals surface area contributed by atoms with Crippen LogP contribution in [0.4, 0.5) is 0 Å². The summed E-state index contributed by atoms with van der Waals surface area (Å²) < 4.78 is 0. The molecule has 0 radical (unpaired) electrons. The first kappa shape index (κ1) is 23.4. The number of carbonyl (C=O) groups is 1. The van der Waals surface area contributed by atoms with Crippen LogP contribution in [0.2, 0.25) is 0 Å². The number of hydrogen-bond donors (Lipinski definition) is 0. The lowest BCUT2D eigenvalue weighted by molar-refractivity contribution is -0.124. The highest BCUT2D eigenvalue weighted by atomic mass is 16.1. The Bertz CT molecular complexity index is 340. The predicted molar refractivity (Wildman–Crippen MR) is 116 cm³/mol. The molecule has 1 unspecified atom stereocenters. The van der Waals surface area contributed by atoms with Gasteiger partial charge in [0.1, 0.15) is 5.78 Å². The molecule has 0 aromatic heterocycles. The first-order valence-electron chi connectivity index (χ1n) is 11.9. The van der Waals surface area contributed by atoms with E-state index in [1.165, 1.54) is 103 Å². The molecular weight excluding hydrogens is 316 g/mol. The van der Waals surface area contributed by atoms with Crippen molar-refractivity contribution in [2.24, 2.45) is 11.8 Å². The summed E-state index contributed by atoms with van der Waals surface area (Å²) in [7, 11) is 0. The van der Waals surface area contributed by atoms with Gasteiger partial charge in [0.15, 0.2) is 0 Å². The van der Waals surface area contributed by atoms with Crippen molar-refractivity contribution >= 4 is 5.78 Å². The van der Waals surface area contributed by atoms with Crippen molar-refractivity contribution < 1.29 is 4.79 Å². The van der Waals surface area contributed by atoms with Crippen LogP contribution in [0.5, 0.6) is 0 Å². The largest absolute Gasteiger partial charge is 0.299 e. The van der Waals surface area contributed by atoms with Crippen molar-refractivity contribution in [3.05, 3.63) is 12.7 Å². The number of rotatable bonds is 17. The summed E-state index contributed by atoms with van der Waals surface area (Å²) >= 11 is 0. The van der Waals surface area contributed by atoms with Gasteiger partial charge in [0.25, 0.3) is 0 Å². The van der Waals surface area contributed by atoms with Crippen molar-refractivity contribution in [1.82, 2.24) is 0 Å². The van der Waals surface area contributed by atoms with E-state index in [4.69, 9.17) is 0 Å². The summed E-state index contributed by atoms with van der Waals surface area (Å²) in [6, 6.07) is 0. The van der Waals surface area contributed by atoms with Crippen molar-refractivity contribution in [2.75, 3.05) is 0 Å². The van der Waals surface area contributed by atoms with E-state index in [0.29, 0.717) is 11.7 Å². The molecule has 0 amide bonds. The monoisotopic (exact) mass is 362 g/mol. The highest BCUT2D eigenvalue weighted by Gasteiger charge is 2.22. The molecule has 1 rings (SSSR count). The van der Waals surface area contributed by atoms with E-state index in [1.807, 2.05) is 6.08 Å². The lowest BCUT2D eigenvalue weighted by Crippen LogP contribution is -2.19. The first-order valence-corrected chi connectivity index (χ1v) is 11.9. The van der Waals surface area contributed by atoms with Crippen LogP contribution in [0.3, 0.4) is 0 Å². The van der Waals surface area contributed by atoms with Crippen LogP contribution >= 0.6 is 0 Å². The van der Waals surface area contributed by atoms with E-state index in [2.05, 4.69) is 13.5 Å². The average molecular weight is 363 g/mol. The molecule has 1 saturated carbocycles. The Labute approximate surface area is 164 Å². The Balaban J connectivity index is 2.04. The molecule has 1 heteroatoms. The second-order valence-corrected chi connectivity index (χ2v) is 8.72. The van der Waals surface area contributed by atoms with Gasteiger partial charge >= 0.3 is 0 Å². The number of Topliss-reactive ketones (excluding diaryl/α,β-unsaturated/α-hetero) is 1. The molecule has 1 fully saturated rings. The third kappa shape index (κ3) is 11.9. The number of hydrogen-bond acceptors (Lipinski definition) is 1. The highest BCUT2D eigenvalue weighted by Crippen LogP contribution is 2.29. The molecule has 152 valence electrons. The minimum absolute atomic E-state index is 0.257. The molecule has 26 heavy (non-hydrogen) atoms. The van der Waals surface area contributed by atoms with Crippen molar-refractivity contribution in [3.63, 3.8) is 0 Å². The van der Waals surface area contributed by atoms with E-state index in [-0.39, 0.29) is 5.92 Å². The standard InChI is InChI=1S/C25H46O/c1-3-5-6-7-8-9-10-11-12-13-17-21-24(18-4-2)25(26)22-23-19-15-14-16-20-23/h4,23-24H,2-3,5-22H2,1H3. The van der Waals surface area contributed by atoms with E-state index in [1.54, 1.807) is 0 Å². The third-order valence-electron chi connectivity index (χ3n) is 6.28. The van der Waals surface area contributed by atoms with Crippen LogP contribution in [0.1, 0.15) is 129 Å². The Hall–Kier alpha value is -0.590. The summed E-state index contributed by atoms with van der Waals surface area (Å²) in [6.07, 6.45) is 26.5. The molecule has 0 spiro atoms. The van der Waals surface area contributed by atoms with Crippen LogP contribution in [-0.2, 0) is 4.79 Å². The lowest BCUT2D eigenvalue weighted by Gasteiger charge is -2.23. The zero-order valence-corrected chi connectivity index (χ0v) is 17.8. The van der Waals surface area contributed by atoms with Gasteiger partial charge in [0.2, 0.25) is 0 Å². The molecule has 1 aliphatic rings. The van der Waals surface area contributed by atoms with Crippen molar-refractivity contribution in [3.8, 4) is 0 Å². The van der Waals surface area contributed by atoms with Gasteiger partial charge in [-0.1, -0.05) is 116 Å². The molecule has 0 aliphatic heterocycles. The molecule has 1 nitrogen and oxygen atoms in total. The van der Waals surface area contributed by atoms with E-state index in [9.17, 15) is 4.79 Å². The number of ketones is 1. The van der Waals surface area contributed by atoms with E-state index < -0.39 is 0 Å². The molecule has 1 aliphatic carbocycles. The maximum Gasteiger partial charge on any atom is 0.136 e. The van der Waals surface area contributed by atoms with Gasteiger partial charge in [-0.3, -0.25) is 4.79 Å². The normalized spacial score (nSPS) is 16.5. The van der Waals surface area contributed by atoms with Gasteiger partial charge in [-0.25, -0.2) is 0 Å².